The molecule has 0 aromatic heterocycles. The van der Waals surface area contributed by atoms with Gasteiger partial charge in [0.2, 0.25) is 0 Å². The predicted octanol–water partition coefficient (Wildman–Crippen LogP) is 5.09. The topological polar surface area (TPSA) is 9.23 Å². The second kappa shape index (κ2) is 5.98. The zero-order chi connectivity index (χ0) is 13.1. The predicted molar refractivity (Wildman–Crippen MR) is 79.9 cm³/mol. The Labute approximate surface area is 117 Å². The highest BCUT2D eigenvalue weighted by Crippen LogP contribution is 2.37. The van der Waals surface area contributed by atoms with Crippen LogP contribution in [0.2, 0.25) is 0 Å². The first-order valence-electron chi connectivity index (χ1n) is 8.12. The molecule has 1 aliphatic carbocycles. The first-order valence-corrected chi connectivity index (χ1v) is 8.12. The molecule has 1 fully saturated rings. The normalized spacial score (nSPS) is 23.7. The molecule has 2 aliphatic rings. The second-order valence-corrected chi connectivity index (χ2v) is 6.32. The van der Waals surface area contributed by atoms with Gasteiger partial charge < -0.3 is 4.74 Å². The molecular weight excluding hydrogens is 232 g/mol. The van der Waals surface area contributed by atoms with E-state index in [1.807, 2.05) is 0 Å². The van der Waals surface area contributed by atoms with E-state index in [1.165, 1.54) is 62.5 Å². The monoisotopic (exact) mass is 258 g/mol. The molecule has 0 spiro atoms. The number of rotatable bonds is 3. The summed E-state index contributed by atoms with van der Waals surface area (Å²) in [5, 5.41) is 0. The summed E-state index contributed by atoms with van der Waals surface area (Å²) < 4.78 is 5.80. The Kier molecular flexibility index (Phi) is 4.10. The maximum absolute atomic E-state index is 5.80. The summed E-state index contributed by atoms with van der Waals surface area (Å²) in [6.45, 7) is 3.20. The molecule has 0 N–H and O–H groups in total. The summed E-state index contributed by atoms with van der Waals surface area (Å²) in [7, 11) is 0. The maximum Gasteiger partial charge on any atom is 0.122 e. The van der Waals surface area contributed by atoms with Gasteiger partial charge in [0.15, 0.2) is 0 Å². The number of hydrogen-bond acceptors (Lipinski definition) is 1. The van der Waals surface area contributed by atoms with Crippen molar-refractivity contribution in [2.24, 2.45) is 5.92 Å². The van der Waals surface area contributed by atoms with Crippen LogP contribution >= 0.6 is 0 Å². The molecular formula is C18H26O. The van der Waals surface area contributed by atoms with Gasteiger partial charge in [-0.2, -0.15) is 0 Å². The van der Waals surface area contributed by atoms with Crippen LogP contribution < -0.4 is 4.74 Å². The van der Waals surface area contributed by atoms with E-state index >= 15 is 0 Å². The summed E-state index contributed by atoms with van der Waals surface area (Å²) in [4.78, 5) is 0. The van der Waals surface area contributed by atoms with E-state index < -0.39 is 0 Å². The molecule has 3 rings (SSSR count). The van der Waals surface area contributed by atoms with Gasteiger partial charge in [0.05, 0.1) is 6.61 Å². The van der Waals surface area contributed by atoms with E-state index in [0.717, 1.165) is 24.2 Å². The Balaban J connectivity index is 1.75. The summed E-state index contributed by atoms with van der Waals surface area (Å²) in [6.07, 6.45) is 10.9. The van der Waals surface area contributed by atoms with Crippen molar-refractivity contribution >= 4 is 0 Å². The van der Waals surface area contributed by atoms with Crippen LogP contribution in [-0.4, -0.2) is 6.61 Å². The van der Waals surface area contributed by atoms with Crippen LogP contribution in [0.4, 0.5) is 0 Å². The average Bonchev–Trinajstić information content (AvgIpc) is 2.47. The van der Waals surface area contributed by atoms with Gasteiger partial charge in [0.1, 0.15) is 5.75 Å². The highest BCUT2D eigenvalue weighted by atomic mass is 16.5. The molecule has 1 atom stereocenters. The zero-order valence-electron chi connectivity index (χ0n) is 12.2. The van der Waals surface area contributed by atoms with Crippen molar-refractivity contribution in [2.45, 2.75) is 64.2 Å². The highest BCUT2D eigenvalue weighted by molar-refractivity contribution is 5.41. The molecule has 19 heavy (non-hydrogen) atoms. The van der Waals surface area contributed by atoms with E-state index in [-0.39, 0.29) is 0 Å². The van der Waals surface area contributed by atoms with Crippen LogP contribution in [-0.2, 0) is 6.42 Å². The summed E-state index contributed by atoms with van der Waals surface area (Å²) in [5.41, 5.74) is 3.01. The maximum atomic E-state index is 5.80. The van der Waals surface area contributed by atoms with Gasteiger partial charge >= 0.3 is 0 Å². The number of fused-ring (bicyclic) bond motifs is 1. The molecule has 0 amide bonds. The third kappa shape index (κ3) is 2.96. The molecule has 0 bridgehead atoms. The van der Waals surface area contributed by atoms with Crippen LogP contribution in [0.3, 0.4) is 0 Å². The number of benzene rings is 1. The summed E-state index contributed by atoms with van der Waals surface area (Å²) in [6, 6.07) is 6.96. The lowest BCUT2D eigenvalue weighted by Gasteiger charge is -2.27. The molecule has 1 saturated carbocycles. The number of hydrogen-bond donors (Lipinski definition) is 0. The van der Waals surface area contributed by atoms with E-state index in [2.05, 4.69) is 25.1 Å². The number of ether oxygens (including phenoxy) is 1. The van der Waals surface area contributed by atoms with Gasteiger partial charge in [-0.05, 0) is 48.3 Å². The van der Waals surface area contributed by atoms with Crippen molar-refractivity contribution in [3.8, 4) is 5.75 Å². The molecule has 1 aliphatic heterocycles. The molecule has 1 heteroatoms. The standard InChI is InChI=1S/C18H26O/c1-2-16-10-11-19-18-9-8-15(13-17(16)18)12-14-6-4-3-5-7-14/h8-9,13-14,16H,2-7,10-12H2,1H3. The highest BCUT2D eigenvalue weighted by Gasteiger charge is 2.21. The zero-order valence-corrected chi connectivity index (χ0v) is 12.2. The molecule has 1 nitrogen and oxygen atoms in total. The molecule has 1 aromatic carbocycles. The van der Waals surface area contributed by atoms with Crippen molar-refractivity contribution in [2.75, 3.05) is 6.61 Å². The van der Waals surface area contributed by atoms with Crippen LogP contribution in [0.25, 0.3) is 0 Å². The van der Waals surface area contributed by atoms with E-state index in [4.69, 9.17) is 4.74 Å². The summed E-state index contributed by atoms with van der Waals surface area (Å²) >= 11 is 0. The Bertz CT molecular complexity index is 418. The molecule has 104 valence electrons. The van der Waals surface area contributed by atoms with Crippen molar-refractivity contribution in [3.05, 3.63) is 29.3 Å². The average molecular weight is 258 g/mol. The third-order valence-corrected chi connectivity index (χ3v) is 4.98. The smallest absolute Gasteiger partial charge is 0.122 e. The second-order valence-electron chi connectivity index (χ2n) is 6.32. The Morgan fingerprint density at radius 1 is 1.11 bits per heavy atom. The van der Waals surface area contributed by atoms with Crippen LogP contribution in [0.15, 0.2) is 18.2 Å². The van der Waals surface area contributed by atoms with E-state index in [9.17, 15) is 0 Å². The minimum Gasteiger partial charge on any atom is -0.493 e. The van der Waals surface area contributed by atoms with Gasteiger partial charge in [-0.15, -0.1) is 0 Å². The Morgan fingerprint density at radius 3 is 2.74 bits per heavy atom. The van der Waals surface area contributed by atoms with E-state index in [0.29, 0.717) is 0 Å². The first-order chi connectivity index (χ1) is 9.36. The lowest BCUT2D eigenvalue weighted by molar-refractivity contribution is 0.265. The minimum atomic E-state index is 0.718. The molecule has 0 radical (unpaired) electrons. The van der Waals surface area contributed by atoms with Crippen molar-refractivity contribution in [1.29, 1.82) is 0 Å². The minimum absolute atomic E-state index is 0.718. The fourth-order valence-corrected chi connectivity index (χ4v) is 3.79. The SMILES string of the molecule is CCC1CCOc2ccc(CC3CCCCC3)cc21. The molecule has 1 aromatic rings. The van der Waals surface area contributed by atoms with Crippen LogP contribution in [0, 0.1) is 5.92 Å². The Hall–Kier alpha value is -0.980. The van der Waals surface area contributed by atoms with Crippen LogP contribution in [0.1, 0.15) is 68.9 Å². The summed E-state index contributed by atoms with van der Waals surface area (Å²) in [5.74, 6) is 2.79. The molecule has 1 heterocycles. The molecule has 1 unspecified atom stereocenters. The fraction of sp³-hybridized carbons (Fsp3) is 0.667. The first kappa shape index (κ1) is 13.0. The largest absolute Gasteiger partial charge is 0.493 e. The van der Waals surface area contributed by atoms with Gasteiger partial charge in [0, 0.05) is 0 Å². The van der Waals surface area contributed by atoms with Crippen molar-refractivity contribution in [1.82, 2.24) is 0 Å². The van der Waals surface area contributed by atoms with Crippen LogP contribution in [0.5, 0.6) is 5.75 Å². The molecule has 0 saturated heterocycles. The van der Waals surface area contributed by atoms with Gasteiger partial charge in [-0.25, -0.2) is 0 Å². The fourth-order valence-electron chi connectivity index (χ4n) is 3.79. The van der Waals surface area contributed by atoms with Gasteiger partial charge in [-0.3, -0.25) is 0 Å². The van der Waals surface area contributed by atoms with Crippen molar-refractivity contribution < 1.29 is 4.74 Å². The lowest BCUT2D eigenvalue weighted by Crippen LogP contribution is -2.15. The van der Waals surface area contributed by atoms with E-state index in [1.54, 1.807) is 0 Å². The quantitative estimate of drug-likeness (QED) is 0.734. The van der Waals surface area contributed by atoms with Gasteiger partial charge in [0.25, 0.3) is 0 Å². The van der Waals surface area contributed by atoms with Crippen molar-refractivity contribution in [3.63, 3.8) is 0 Å². The lowest BCUT2D eigenvalue weighted by atomic mass is 9.83. The third-order valence-electron chi connectivity index (χ3n) is 4.98. The Morgan fingerprint density at radius 2 is 1.95 bits per heavy atom. The van der Waals surface area contributed by atoms with Gasteiger partial charge in [-0.1, -0.05) is 51.2 Å².